The summed E-state index contributed by atoms with van der Waals surface area (Å²) in [6.07, 6.45) is 32.7. The summed E-state index contributed by atoms with van der Waals surface area (Å²) in [4.78, 5) is 47.5. The van der Waals surface area contributed by atoms with Gasteiger partial charge in [-0.25, -0.2) is 0 Å². The number of aliphatic carboxylic acids is 1. The number of carboxylic acid groups (broad SMARTS) is 1. The summed E-state index contributed by atoms with van der Waals surface area (Å²) >= 11 is 1.43. The van der Waals surface area contributed by atoms with Crippen LogP contribution in [0, 0.1) is 0 Å². The lowest BCUT2D eigenvalue weighted by molar-refractivity contribution is -0.157. The molecule has 0 fully saturated rings. The van der Waals surface area contributed by atoms with Crippen LogP contribution in [0.25, 0.3) is 0 Å². The second kappa shape index (κ2) is 37.5. The first-order valence-corrected chi connectivity index (χ1v) is 21.5. The highest BCUT2D eigenvalue weighted by Crippen LogP contribution is 2.16. The largest absolute Gasteiger partial charge is 0.480 e. The third-order valence-corrected chi connectivity index (χ3v) is 10.0. The average molecular weight is 714 g/mol. The normalized spacial score (nSPS) is 11.7. The van der Waals surface area contributed by atoms with Crippen molar-refractivity contribution >= 4 is 35.6 Å². The molecule has 49 heavy (non-hydrogen) atoms. The van der Waals surface area contributed by atoms with Gasteiger partial charge in [-0.1, -0.05) is 168 Å². The molecule has 0 aromatic rings. The van der Waals surface area contributed by atoms with Gasteiger partial charge in [0.25, 0.3) is 0 Å². The van der Waals surface area contributed by atoms with Crippen molar-refractivity contribution in [2.75, 3.05) is 24.7 Å². The van der Waals surface area contributed by atoms with E-state index in [0.29, 0.717) is 24.3 Å². The molecule has 1 atom stereocenters. The Kier molecular flexibility index (Phi) is 36.1. The van der Waals surface area contributed by atoms with Gasteiger partial charge < -0.3 is 19.9 Å². The van der Waals surface area contributed by atoms with Gasteiger partial charge in [-0.3, -0.25) is 19.2 Å². The fourth-order valence-electron chi connectivity index (χ4n) is 5.84. The van der Waals surface area contributed by atoms with Crippen molar-refractivity contribution in [2.45, 2.75) is 206 Å². The Balaban J connectivity index is 4.20. The summed E-state index contributed by atoms with van der Waals surface area (Å²) in [5, 5.41) is 11.1. The van der Waals surface area contributed by atoms with Gasteiger partial charge in [0.1, 0.15) is 19.3 Å². The lowest BCUT2D eigenvalue weighted by atomic mass is 10.0. The molecular weight excluding hydrogens is 639 g/mol. The minimum absolute atomic E-state index is 0.0137. The second-order valence-corrected chi connectivity index (χ2v) is 14.9. The summed E-state index contributed by atoms with van der Waals surface area (Å²) < 4.78 is 11.2. The quantitative estimate of drug-likeness (QED) is 0.0479. The maximum atomic E-state index is 12.6. The number of carbonyl (C=O) groups excluding carboxylic acids is 3. The predicted octanol–water partition coefficient (Wildman–Crippen LogP) is 10.7. The summed E-state index contributed by atoms with van der Waals surface area (Å²) in [5.74, 6) is -1.11. The van der Waals surface area contributed by atoms with Gasteiger partial charge in [0.2, 0.25) is 5.91 Å². The smallest absolute Gasteiger partial charge is 0.322 e. The van der Waals surface area contributed by atoms with Gasteiger partial charge >= 0.3 is 17.9 Å². The van der Waals surface area contributed by atoms with E-state index < -0.39 is 18.6 Å². The number of thioether (sulfide) groups is 1. The molecule has 1 amide bonds. The number of hydrogen-bond donors (Lipinski definition) is 2. The zero-order chi connectivity index (χ0) is 36.0. The van der Waals surface area contributed by atoms with Gasteiger partial charge in [-0.15, -0.1) is 0 Å². The van der Waals surface area contributed by atoms with Crippen LogP contribution >= 0.6 is 11.8 Å². The highest BCUT2D eigenvalue weighted by Gasteiger charge is 2.18. The highest BCUT2D eigenvalue weighted by molar-refractivity contribution is 7.99. The molecule has 0 aliphatic rings. The van der Waals surface area contributed by atoms with Crippen LogP contribution in [0.4, 0.5) is 0 Å². The Bertz CT molecular complexity index is 795. The van der Waals surface area contributed by atoms with Crippen molar-refractivity contribution in [3.05, 3.63) is 0 Å². The first-order valence-electron chi connectivity index (χ1n) is 20.3. The lowest BCUT2D eigenvalue weighted by Gasteiger charge is -2.18. The van der Waals surface area contributed by atoms with Gasteiger partial charge in [0.05, 0.1) is 0 Å². The van der Waals surface area contributed by atoms with Gasteiger partial charge in [0, 0.05) is 30.8 Å². The first-order chi connectivity index (χ1) is 23.9. The summed E-state index contributed by atoms with van der Waals surface area (Å²) in [6, 6.07) is 0. The Morgan fingerprint density at radius 1 is 0.551 bits per heavy atom. The maximum Gasteiger partial charge on any atom is 0.322 e. The number of amides is 1. The Hall–Kier alpha value is -1.77. The van der Waals surface area contributed by atoms with Crippen molar-refractivity contribution in [1.82, 2.24) is 5.32 Å². The minimum Gasteiger partial charge on any atom is -0.480 e. The SMILES string of the molecule is CCCCCCCCCCCCCCCC(=O)OCC(CSCCC(=O)NCC(=O)O)OC(=O)CCCCCCCCCCCCCCC. The monoisotopic (exact) mass is 714 g/mol. The van der Waals surface area contributed by atoms with E-state index in [1.165, 1.54) is 140 Å². The van der Waals surface area contributed by atoms with Crippen LogP contribution in [0.3, 0.4) is 0 Å². The molecule has 0 aromatic carbocycles. The molecule has 1 unspecified atom stereocenters. The second-order valence-electron chi connectivity index (χ2n) is 13.8. The summed E-state index contributed by atoms with van der Waals surface area (Å²) in [7, 11) is 0. The van der Waals surface area contributed by atoms with Crippen LogP contribution in [0.15, 0.2) is 0 Å². The molecule has 0 spiro atoms. The molecule has 0 rings (SSSR count). The number of esters is 2. The third-order valence-electron chi connectivity index (χ3n) is 8.91. The molecular formula is C40H75NO7S. The van der Waals surface area contributed by atoms with Crippen molar-refractivity contribution in [2.24, 2.45) is 0 Å². The number of ether oxygens (including phenoxy) is 2. The van der Waals surface area contributed by atoms with Crippen molar-refractivity contribution in [3.63, 3.8) is 0 Å². The first kappa shape index (κ1) is 47.2. The average Bonchev–Trinajstić information content (AvgIpc) is 3.08. The number of carbonyl (C=O) groups is 4. The van der Waals surface area contributed by atoms with Crippen molar-refractivity contribution < 1.29 is 33.8 Å². The molecule has 9 heteroatoms. The maximum absolute atomic E-state index is 12.6. The van der Waals surface area contributed by atoms with E-state index in [0.717, 1.165) is 38.5 Å². The molecule has 288 valence electrons. The number of unbranched alkanes of at least 4 members (excludes halogenated alkanes) is 24. The molecule has 2 N–H and O–H groups in total. The van der Waals surface area contributed by atoms with E-state index >= 15 is 0 Å². The molecule has 0 radical (unpaired) electrons. The molecule has 8 nitrogen and oxygen atoms in total. The third kappa shape index (κ3) is 37.3. The van der Waals surface area contributed by atoms with Crippen molar-refractivity contribution in [3.8, 4) is 0 Å². The molecule has 0 saturated carbocycles. The van der Waals surface area contributed by atoms with Crippen LogP contribution in [0.2, 0.25) is 0 Å². The topological polar surface area (TPSA) is 119 Å². The zero-order valence-corrected chi connectivity index (χ0v) is 32.5. The summed E-state index contributed by atoms with van der Waals surface area (Å²) in [6.45, 7) is 4.11. The van der Waals surface area contributed by atoms with Crippen LogP contribution in [-0.4, -0.2) is 59.7 Å². The Morgan fingerprint density at radius 3 is 1.35 bits per heavy atom. The zero-order valence-electron chi connectivity index (χ0n) is 31.7. The molecule has 0 aliphatic heterocycles. The molecule has 0 bridgehead atoms. The number of rotatable bonds is 38. The fourth-order valence-corrected chi connectivity index (χ4v) is 6.76. The van der Waals surface area contributed by atoms with Gasteiger partial charge in [-0.05, 0) is 12.8 Å². The van der Waals surface area contributed by atoms with E-state index in [2.05, 4.69) is 19.2 Å². The number of hydrogen-bond acceptors (Lipinski definition) is 7. The van der Waals surface area contributed by atoms with Gasteiger partial charge in [0.15, 0.2) is 0 Å². The minimum atomic E-state index is -1.09. The highest BCUT2D eigenvalue weighted by atomic mass is 32.2. The van der Waals surface area contributed by atoms with Crippen LogP contribution in [0.5, 0.6) is 0 Å². The standard InChI is InChI=1S/C40H75NO7S/c1-3-5-7-9-11-13-15-17-19-21-23-25-27-29-39(45)47-34-36(35-49-32-31-37(42)41-33-38(43)44)48-40(46)30-28-26-24-22-20-18-16-14-12-10-8-6-4-2/h36H,3-35H2,1-2H3,(H,41,42)(H,43,44). The lowest BCUT2D eigenvalue weighted by Crippen LogP contribution is -2.30. The van der Waals surface area contributed by atoms with Gasteiger partial charge in [-0.2, -0.15) is 11.8 Å². The van der Waals surface area contributed by atoms with Crippen LogP contribution < -0.4 is 5.32 Å². The van der Waals surface area contributed by atoms with E-state index in [4.69, 9.17) is 14.6 Å². The predicted molar refractivity (Wildman–Crippen MR) is 204 cm³/mol. The molecule has 0 aromatic heterocycles. The summed E-state index contributed by atoms with van der Waals surface area (Å²) in [5.41, 5.74) is 0. The number of nitrogens with one attached hydrogen (secondary N) is 1. The van der Waals surface area contributed by atoms with E-state index in [1.807, 2.05) is 0 Å². The fraction of sp³-hybridized carbons (Fsp3) is 0.900. The van der Waals surface area contributed by atoms with E-state index in [-0.39, 0.29) is 30.9 Å². The van der Waals surface area contributed by atoms with E-state index in [9.17, 15) is 19.2 Å². The number of carboxylic acids is 1. The van der Waals surface area contributed by atoms with E-state index in [1.54, 1.807) is 0 Å². The molecule has 0 saturated heterocycles. The molecule has 0 heterocycles. The van der Waals surface area contributed by atoms with Crippen molar-refractivity contribution in [1.29, 1.82) is 0 Å². The van der Waals surface area contributed by atoms with Crippen LogP contribution in [0.1, 0.15) is 200 Å². The Labute approximate surface area is 304 Å². The molecule has 0 aliphatic carbocycles. The van der Waals surface area contributed by atoms with Crippen LogP contribution in [-0.2, 0) is 28.7 Å². The Morgan fingerprint density at radius 2 is 0.939 bits per heavy atom.